The predicted octanol–water partition coefficient (Wildman–Crippen LogP) is 19.6. The lowest BCUT2D eigenvalue weighted by Crippen LogP contribution is -2.29. The molecule has 0 aromatic rings. The Labute approximate surface area is 445 Å². The minimum absolute atomic E-state index is 0.0552. The molecule has 9 nitrogen and oxygen atoms in total. The van der Waals surface area contributed by atoms with E-state index in [1.54, 1.807) is 0 Å². The highest BCUT2D eigenvalue weighted by Crippen LogP contribution is 2.43. The molecule has 0 amide bonds. The van der Waals surface area contributed by atoms with E-state index >= 15 is 0 Å². The Bertz CT molecular complexity index is 1270. The Morgan fingerprint density at radius 2 is 0.722 bits per heavy atom. The van der Waals surface area contributed by atoms with Crippen LogP contribution in [0.3, 0.4) is 0 Å². The molecule has 72 heavy (non-hydrogen) atoms. The van der Waals surface area contributed by atoms with Crippen molar-refractivity contribution >= 4 is 19.8 Å². The lowest BCUT2D eigenvalue weighted by Gasteiger charge is -2.19. The number of carbonyl (C=O) groups is 2. The Morgan fingerprint density at radius 3 is 1.07 bits per heavy atom. The standard InChI is InChI=1S/C62H118NO8P/c1-3-5-7-9-11-13-15-17-19-21-23-25-27-28-29-30-31-32-33-35-37-39-41-43-45-47-49-51-53-55-62(65)71-60(59-70-72(66,67)69-57-56-63)58-68-61(64)54-52-50-48-46-44-42-40-38-36-34-26-24-22-20-18-16-14-12-10-8-6-4-2/h15,17,21,23,27-28,60H,3-14,16,18-20,22,24-26,29-59,63H2,1-2H3,(H,66,67)/b17-15-,23-21-,28-27-. The van der Waals surface area contributed by atoms with Crippen LogP contribution in [0, 0.1) is 0 Å². The van der Waals surface area contributed by atoms with Gasteiger partial charge in [0.25, 0.3) is 0 Å². The summed E-state index contributed by atoms with van der Waals surface area (Å²) in [6, 6.07) is 0. The van der Waals surface area contributed by atoms with Gasteiger partial charge in [-0.25, -0.2) is 4.57 Å². The van der Waals surface area contributed by atoms with Crippen molar-refractivity contribution in [3.8, 4) is 0 Å². The predicted molar refractivity (Wildman–Crippen MR) is 307 cm³/mol. The number of nitrogens with two attached hydrogens (primary N) is 1. The minimum atomic E-state index is -4.39. The molecule has 0 radical (unpaired) electrons. The van der Waals surface area contributed by atoms with Crippen LogP contribution in [0.4, 0.5) is 0 Å². The van der Waals surface area contributed by atoms with Crippen LogP contribution >= 0.6 is 7.82 Å². The van der Waals surface area contributed by atoms with Crippen molar-refractivity contribution in [2.24, 2.45) is 5.73 Å². The fraction of sp³-hybridized carbons (Fsp3) is 0.871. The second-order valence-corrected chi connectivity index (χ2v) is 22.4. The topological polar surface area (TPSA) is 134 Å². The van der Waals surface area contributed by atoms with Gasteiger partial charge >= 0.3 is 19.8 Å². The molecule has 0 aliphatic carbocycles. The zero-order chi connectivity index (χ0) is 52.4. The van der Waals surface area contributed by atoms with Crippen LogP contribution < -0.4 is 5.73 Å². The van der Waals surface area contributed by atoms with E-state index in [9.17, 15) is 19.0 Å². The Morgan fingerprint density at radius 1 is 0.417 bits per heavy atom. The van der Waals surface area contributed by atoms with E-state index in [1.807, 2.05) is 0 Å². The average Bonchev–Trinajstić information content (AvgIpc) is 3.37. The first-order valence-corrected chi connectivity index (χ1v) is 32.5. The summed E-state index contributed by atoms with van der Waals surface area (Å²) in [4.78, 5) is 35.2. The first-order valence-electron chi connectivity index (χ1n) is 31.0. The van der Waals surface area contributed by atoms with Gasteiger partial charge in [0.15, 0.2) is 6.10 Å². The van der Waals surface area contributed by atoms with Gasteiger partial charge in [0.2, 0.25) is 0 Å². The lowest BCUT2D eigenvalue weighted by molar-refractivity contribution is -0.161. The molecule has 424 valence electrons. The fourth-order valence-electron chi connectivity index (χ4n) is 9.18. The Balaban J connectivity index is 3.91. The van der Waals surface area contributed by atoms with Gasteiger partial charge in [0, 0.05) is 19.4 Å². The summed E-state index contributed by atoms with van der Waals surface area (Å²) in [6.45, 7) is 3.79. The van der Waals surface area contributed by atoms with Crippen LogP contribution in [0.1, 0.15) is 316 Å². The molecule has 0 spiro atoms. The van der Waals surface area contributed by atoms with E-state index in [1.165, 1.54) is 231 Å². The average molecular weight is 1040 g/mol. The van der Waals surface area contributed by atoms with Gasteiger partial charge in [-0.3, -0.25) is 18.6 Å². The van der Waals surface area contributed by atoms with Gasteiger partial charge in [-0.1, -0.05) is 288 Å². The molecule has 0 rings (SSSR count). The zero-order valence-electron chi connectivity index (χ0n) is 47.4. The van der Waals surface area contributed by atoms with Crippen LogP contribution in [-0.4, -0.2) is 49.3 Å². The number of hydrogen-bond donors (Lipinski definition) is 2. The van der Waals surface area contributed by atoms with Gasteiger partial charge in [-0.05, 0) is 51.4 Å². The summed E-state index contributed by atoms with van der Waals surface area (Å²) >= 11 is 0. The molecular weight excluding hydrogens is 918 g/mol. The third-order valence-corrected chi connectivity index (χ3v) is 14.8. The summed E-state index contributed by atoms with van der Waals surface area (Å²) in [5.41, 5.74) is 5.39. The number of phosphoric ester groups is 1. The monoisotopic (exact) mass is 1040 g/mol. The first kappa shape index (κ1) is 70.2. The van der Waals surface area contributed by atoms with E-state index < -0.39 is 26.5 Å². The number of unbranched alkanes of at least 4 members (excludes halogenated alkanes) is 40. The van der Waals surface area contributed by atoms with E-state index in [0.717, 1.165) is 51.4 Å². The molecule has 0 aliphatic rings. The minimum Gasteiger partial charge on any atom is -0.462 e. The van der Waals surface area contributed by atoms with E-state index in [2.05, 4.69) is 50.3 Å². The van der Waals surface area contributed by atoms with E-state index in [-0.39, 0.29) is 38.6 Å². The largest absolute Gasteiger partial charge is 0.472 e. The van der Waals surface area contributed by atoms with Crippen molar-refractivity contribution in [3.05, 3.63) is 36.5 Å². The number of ether oxygens (including phenoxy) is 2. The summed E-state index contributed by atoms with van der Waals surface area (Å²) < 4.78 is 33.1. The number of rotatable bonds is 59. The maximum atomic E-state index is 12.7. The maximum Gasteiger partial charge on any atom is 0.472 e. The molecule has 0 saturated carbocycles. The normalized spacial score (nSPS) is 13.2. The smallest absolute Gasteiger partial charge is 0.462 e. The summed E-state index contributed by atoms with van der Waals surface area (Å²) in [5.74, 6) is -0.811. The van der Waals surface area contributed by atoms with Gasteiger partial charge in [-0.2, -0.15) is 0 Å². The third-order valence-electron chi connectivity index (χ3n) is 13.8. The highest BCUT2D eigenvalue weighted by atomic mass is 31.2. The van der Waals surface area contributed by atoms with Crippen molar-refractivity contribution in [3.63, 3.8) is 0 Å². The van der Waals surface area contributed by atoms with E-state index in [4.69, 9.17) is 24.3 Å². The van der Waals surface area contributed by atoms with Crippen molar-refractivity contribution < 1.29 is 37.6 Å². The second kappa shape index (κ2) is 58.5. The van der Waals surface area contributed by atoms with Crippen molar-refractivity contribution in [2.45, 2.75) is 322 Å². The molecule has 0 heterocycles. The summed E-state index contributed by atoms with van der Waals surface area (Å²) in [5, 5.41) is 0. The molecule has 0 fully saturated rings. The molecule has 0 aromatic heterocycles. The number of allylic oxidation sites excluding steroid dienone is 6. The van der Waals surface area contributed by atoms with Gasteiger partial charge in [0.1, 0.15) is 6.61 Å². The number of esters is 2. The molecular formula is C62H118NO8P. The maximum absolute atomic E-state index is 12.7. The van der Waals surface area contributed by atoms with Gasteiger partial charge in [-0.15, -0.1) is 0 Å². The van der Waals surface area contributed by atoms with Crippen LogP contribution in [-0.2, 0) is 32.7 Å². The SMILES string of the molecule is CCCCCCC/C=C\C/C=C\C/C=C\CCCCCCCCCCCCCCCCC(=O)OC(COC(=O)CCCCCCCCCCCCCCCCCCCCCCCC)COP(=O)(O)OCCN. The van der Waals surface area contributed by atoms with Crippen LogP contribution in [0.2, 0.25) is 0 Å². The van der Waals surface area contributed by atoms with Crippen molar-refractivity contribution in [1.82, 2.24) is 0 Å². The molecule has 2 atom stereocenters. The molecule has 0 saturated heterocycles. The summed E-state index contributed by atoms with van der Waals surface area (Å²) in [6.07, 6.45) is 70.7. The molecule has 0 aromatic carbocycles. The Hall–Kier alpha value is -1.77. The van der Waals surface area contributed by atoms with Crippen molar-refractivity contribution in [1.29, 1.82) is 0 Å². The number of hydrogen-bond acceptors (Lipinski definition) is 8. The highest BCUT2D eigenvalue weighted by Gasteiger charge is 2.26. The first-order chi connectivity index (χ1) is 35.3. The van der Waals surface area contributed by atoms with Crippen LogP contribution in [0.5, 0.6) is 0 Å². The third kappa shape index (κ3) is 57.5. The molecule has 0 aliphatic heterocycles. The highest BCUT2D eigenvalue weighted by molar-refractivity contribution is 7.47. The van der Waals surface area contributed by atoms with Gasteiger partial charge < -0.3 is 20.1 Å². The Kier molecular flexibility index (Phi) is 57.1. The summed E-state index contributed by atoms with van der Waals surface area (Å²) in [7, 11) is -4.39. The zero-order valence-corrected chi connectivity index (χ0v) is 48.3. The lowest BCUT2D eigenvalue weighted by atomic mass is 10.0. The number of phosphoric acid groups is 1. The number of carbonyl (C=O) groups excluding carboxylic acids is 2. The van der Waals surface area contributed by atoms with E-state index in [0.29, 0.717) is 6.42 Å². The molecule has 10 heteroatoms. The second-order valence-electron chi connectivity index (χ2n) is 20.9. The van der Waals surface area contributed by atoms with Gasteiger partial charge in [0.05, 0.1) is 13.2 Å². The molecule has 3 N–H and O–H groups in total. The molecule has 2 unspecified atom stereocenters. The van der Waals surface area contributed by atoms with Crippen LogP contribution in [0.25, 0.3) is 0 Å². The van der Waals surface area contributed by atoms with Crippen LogP contribution in [0.15, 0.2) is 36.5 Å². The molecule has 0 bridgehead atoms. The van der Waals surface area contributed by atoms with Crippen molar-refractivity contribution in [2.75, 3.05) is 26.4 Å². The fourth-order valence-corrected chi connectivity index (χ4v) is 9.94. The quantitative estimate of drug-likeness (QED) is 0.0264.